The third-order valence-corrected chi connectivity index (χ3v) is 3.93. The van der Waals surface area contributed by atoms with Gasteiger partial charge in [-0.15, -0.1) is 0 Å². The van der Waals surface area contributed by atoms with Crippen molar-refractivity contribution in [1.29, 1.82) is 0 Å². The number of halogens is 2. The number of carbonyl (C=O) groups is 1. The summed E-state index contributed by atoms with van der Waals surface area (Å²) in [6.45, 7) is 0. The lowest BCUT2D eigenvalue weighted by molar-refractivity contribution is 0.0519. The van der Waals surface area contributed by atoms with E-state index in [-0.39, 0.29) is 5.56 Å². The van der Waals surface area contributed by atoms with Crippen molar-refractivity contribution in [2.75, 3.05) is 0 Å². The molecule has 116 valence electrons. The molecule has 0 saturated carbocycles. The van der Waals surface area contributed by atoms with Gasteiger partial charge in [-0.3, -0.25) is 0 Å². The highest BCUT2D eigenvalue weighted by Gasteiger charge is 2.12. The maximum atomic E-state index is 12.8. The minimum absolute atomic E-state index is 0.215. The number of rotatable bonds is 3. The van der Waals surface area contributed by atoms with Crippen LogP contribution >= 0.6 is 11.6 Å². The fraction of sp³-hybridized carbons (Fsp3) is 0.0588. The second-order valence-electron chi connectivity index (χ2n) is 4.90. The SMILES string of the molecule is Cn1c(Cl)c(/C=N/OC(=O)c2ccc(F)cc2)c2ccccc21. The Bertz CT molecular complexity index is 901. The number of benzene rings is 2. The molecule has 2 aromatic carbocycles. The number of carbonyl (C=O) groups excluding carboxylic acids is 1. The van der Waals surface area contributed by atoms with Gasteiger partial charge in [0.1, 0.15) is 11.0 Å². The summed E-state index contributed by atoms with van der Waals surface area (Å²) in [5.74, 6) is -1.09. The predicted molar refractivity (Wildman–Crippen MR) is 87.3 cm³/mol. The summed E-state index contributed by atoms with van der Waals surface area (Å²) in [5, 5.41) is 5.10. The molecule has 0 N–H and O–H groups in total. The zero-order valence-corrected chi connectivity index (χ0v) is 12.9. The van der Waals surface area contributed by atoms with Crippen molar-refractivity contribution >= 4 is 34.7 Å². The van der Waals surface area contributed by atoms with Crippen LogP contribution in [0.1, 0.15) is 15.9 Å². The molecule has 0 bridgehead atoms. The predicted octanol–water partition coefficient (Wildman–Crippen LogP) is 4.16. The topological polar surface area (TPSA) is 43.6 Å². The van der Waals surface area contributed by atoms with E-state index in [9.17, 15) is 9.18 Å². The monoisotopic (exact) mass is 330 g/mol. The third-order valence-electron chi connectivity index (χ3n) is 3.47. The molecule has 0 radical (unpaired) electrons. The molecule has 0 fully saturated rings. The average molecular weight is 331 g/mol. The lowest BCUT2D eigenvalue weighted by Crippen LogP contribution is -2.01. The summed E-state index contributed by atoms with van der Waals surface area (Å²) in [6.07, 6.45) is 1.39. The van der Waals surface area contributed by atoms with Crippen molar-refractivity contribution in [3.63, 3.8) is 0 Å². The average Bonchev–Trinajstić information content (AvgIpc) is 2.81. The molecular formula is C17H12ClFN2O2. The van der Waals surface area contributed by atoms with Gasteiger partial charge in [0.25, 0.3) is 0 Å². The van der Waals surface area contributed by atoms with Crippen LogP contribution < -0.4 is 0 Å². The number of hydrogen-bond acceptors (Lipinski definition) is 3. The molecule has 0 aliphatic heterocycles. The quantitative estimate of drug-likeness (QED) is 0.411. The van der Waals surface area contributed by atoms with E-state index < -0.39 is 11.8 Å². The molecule has 23 heavy (non-hydrogen) atoms. The van der Waals surface area contributed by atoms with Gasteiger partial charge < -0.3 is 9.40 Å². The van der Waals surface area contributed by atoms with Crippen molar-refractivity contribution in [2.24, 2.45) is 12.2 Å². The Morgan fingerprint density at radius 1 is 1.22 bits per heavy atom. The molecule has 0 atom stereocenters. The number of para-hydroxylation sites is 1. The molecular weight excluding hydrogens is 319 g/mol. The van der Waals surface area contributed by atoms with Crippen LogP contribution in [0.5, 0.6) is 0 Å². The largest absolute Gasteiger partial charge is 0.365 e. The Balaban J connectivity index is 1.82. The Labute approximate surface area is 136 Å². The standard InChI is InChI=1S/C17H12ClFN2O2/c1-21-15-5-3-2-4-13(15)14(16(21)18)10-20-23-17(22)11-6-8-12(19)9-7-11/h2-10H,1H3/b20-10+. The van der Waals surface area contributed by atoms with Gasteiger partial charge in [0.05, 0.1) is 11.8 Å². The van der Waals surface area contributed by atoms with Crippen LogP contribution in [-0.2, 0) is 11.9 Å². The lowest BCUT2D eigenvalue weighted by atomic mass is 10.2. The van der Waals surface area contributed by atoms with E-state index in [1.54, 1.807) is 0 Å². The molecule has 0 saturated heterocycles. The molecule has 6 heteroatoms. The summed E-state index contributed by atoms with van der Waals surface area (Å²) in [4.78, 5) is 16.6. The fourth-order valence-corrected chi connectivity index (χ4v) is 2.52. The molecule has 3 rings (SSSR count). The number of aromatic nitrogens is 1. The number of nitrogens with zero attached hydrogens (tertiary/aromatic N) is 2. The summed E-state index contributed by atoms with van der Waals surface area (Å²) < 4.78 is 14.6. The highest BCUT2D eigenvalue weighted by atomic mass is 35.5. The molecule has 1 heterocycles. The van der Waals surface area contributed by atoms with Crippen LogP contribution in [0, 0.1) is 5.82 Å². The first kappa shape index (κ1) is 15.2. The van der Waals surface area contributed by atoms with Crippen molar-refractivity contribution < 1.29 is 14.0 Å². The summed E-state index contributed by atoms with van der Waals surface area (Å²) in [7, 11) is 1.84. The Morgan fingerprint density at radius 2 is 1.91 bits per heavy atom. The van der Waals surface area contributed by atoms with Gasteiger partial charge in [0.15, 0.2) is 0 Å². The van der Waals surface area contributed by atoms with Crippen molar-refractivity contribution in [3.05, 3.63) is 70.6 Å². The van der Waals surface area contributed by atoms with Crippen LogP contribution in [0.2, 0.25) is 5.15 Å². The molecule has 0 unspecified atom stereocenters. The van der Waals surface area contributed by atoms with E-state index in [4.69, 9.17) is 16.4 Å². The van der Waals surface area contributed by atoms with Crippen LogP contribution in [0.3, 0.4) is 0 Å². The molecule has 0 aliphatic carbocycles. The van der Waals surface area contributed by atoms with Crippen LogP contribution in [0.4, 0.5) is 4.39 Å². The lowest BCUT2D eigenvalue weighted by Gasteiger charge is -1.97. The number of fused-ring (bicyclic) bond motifs is 1. The van der Waals surface area contributed by atoms with Crippen LogP contribution in [-0.4, -0.2) is 16.8 Å². The van der Waals surface area contributed by atoms with Gasteiger partial charge in [-0.25, -0.2) is 9.18 Å². The van der Waals surface area contributed by atoms with Gasteiger partial charge in [0.2, 0.25) is 0 Å². The minimum Gasteiger partial charge on any atom is -0.334 e. The van der Waals surface area contributed by atoms with E-state index in [0.717, 1.165) is 10.9 Å². The molecule has 0 spiro atoms. The normalized spacial score (nSPS) is 11.3. The summed E-state index contributed by atoms with van der Waals surface area (Å²) >= 11 is 6.28. The number of hydrogen-bond donors (Lipinski definition) is 0. The van der Waals surface area contributed by atoms with Gasteiger partial charge in [-0.05, 0) is 30.3 Å². The molecule has 1 aromatic heterocycles. The van der Waals surface area contributed by atoms with E-state index in [2.05, 4.69) is 5.16 Å². The summed E-state index contributed by atoms with van der Waals surface area (Å²) in [5.41, 5.74) is 1.83. The fourth-order valence-electron chi connectivity index (χ4n) is 2.28. The van der Waals surface area contributed by atoms with Gasteiger partial charge in [-0.1, -0.05) is 35.0 Å². The number of oxime groups is 1. The minimum atomic E-state index is -0.669. The van der Waals surface area contributed by atoms with E-state index >= 15 is 0 Å². The van der Waals surface area contributed by atoms with Crippen LogP contribution in [0.15, 0.2) is 53.7 Å². The van der Waals surface area contributed by atoms with Gasteiger partial charge >= 0.3 is 5.97 Å². The maximum Gasteiger partial charge on any atom is 0.365 e. The van der Waals surface area contributed by atoms with E-state index in [0.29, 0.717) is 10.7 Å². The van der Waals surface area contributed by atoms with Gasteiger partial charge in [0, 0.05) is 23.5 Å². The number of aryl methyl sites for hydroxylation is 1. The van der Waals surface area contributed by atoms with Crippen molar-refractivity contribution in [2.45, 2.75) is 0 Å². The molecule has 0 amide bonds. The molecule has 4 nitrogen and oxygen atoms in total. The first-order chi connectivity index (χ1) is 11.1. The smallest absolute Gasteiger partial charge is 0.334 e. The van der Waals surface area contributed by atoms with Crippen LogP contribution in [0.25, 0.3) is 10.9 Å². The maximum absolute atomic E-state index is 12.8. The first-order valence-corrected chi connectivity index (χ1v) is 7.19. The molecule has 0 aliphatic rings. The Kier molecular flexibility index (Phi) is 4.12. The molecule has 3 aromatic rings. The highest BCUT2D eigenvalue weighted by Crippen LogP contribution is 2.27. The second-order valence-corrected chi connectivity index (χ2v) is 5.26. The first-order valence-electron chi connectivity index (χ1n) is 6.81. The zero-order chi connectivity index (χ0) is 16.4. The Morgan fingerprint density at radius 3 is 2.65 bits per heavy atom. The van der Waals surface area contributed by atoms with Gasteiger partial charge in [-0.2, -0.15) is 0 Å². The van der Waals surface area contributed by atoms with Crippen molar-refractivity contribution in [3.8, 4) is 0 Å². The van der Waals surface area contributed by atoms with E-state index in [1.165, 1.54) is 30.5 Å². The third kappa shape index (κ3) is 2.96. The summed E-state index contributed by atoms with van der Waals surface area (Å²) in [6, 6.07) is 12.7. The zero-order valence-electron chi connectivity index (χ0n) is 12.2. The van der Waals surface area contributed by atoms with Crippen molar-refractivity contribution in [1.82, 2.24) is 4.57 Å². The Hall–Kier alpha value is -2.66. The van der Waals surface area contributed by atoms with E-state index in [1.807, 2.05) is 35.9 Å². The highest BCUT2D eigenvalue weighted by molar-refractivity contribution is 6.34. The second kappa shape index (κ2) is 6.22.